The maximum Gasteiger partial charge on any atom is 0.234 e. The van der Waals surface area contributed by atoms with Crippen LogP contribution in [0.4, 0.5) is 0 Å². The van der Waals surface area contributed by atoms with Gasteiger partial charge in [-0.3, -0.25) is 0 Å². The summed E-state index contributed by atoms with van der Waals surface area (Å²) in [6.07, 6.45) is 1.86. The molecule has 20 heavy (non-hydrogen) atoms. The van der Waals surface area contributed by atoms with Crippen LogP contribution in [-0.2, 0) is 0 Å². The standard InChI is InChI=1S/C16H23N3O/c1-4-11(3)14(12-9-7-6-8-10-12)16-18-15(19-20-16)13(17)5-2/h6-11,13-14H,4-5,17H2,1-3H3. The van der Waals surface area contributed by atoms with Gasteiger partial charge < -0.3 is 10.3 Å². The van der Waals surface area contributed by atoms with Gasteiger partial charge in [-0.05, 0) is 17.9 Å². The molecule has 0 saturated carbocycles. The van der Waals surface area contributed by atoms with Crippen LogP contribution in [0.1, 0.15) is 62.9 Å². The summed E-state index contributed by atoms with van der Waals surface area (Å²) in [5.41, 5.74) is 7.18. The summed E-state index contributed by atoms with van der Waals surface area (Å²) < 4.78 is 5.49. The van der Waals surface area contributed by atoms with Crippen molar-refractivity contribution in [3.05, 3.63) is 47.6 Å². The number of hydrogen-bond donors (Lipinski definition) is 1. The highest BCUT2D eigenvalue weighted by molar-refractivity contribution is 5.25. The summed E-state index contributed by atoms with van der Waals surface area (Å²) in [5.74, 6) is 1.84. The van der Waals surface area contributed by atoms with E-state index in [0.29, 0.717) is 17.6 Å². The van der Waals surface area contributed by atoms with Gasteiger partial charge in [-0.2, -0.15) is 4.98 Å². The van der Waals surface area contributed by atoms with Gasteiger partial charge in [0, 0.05) is 0 Å². The van der Waals surface area contributed by atoms with Crippen LogP contribution < -0.4 is 5.73 Å². The van der Waals surface area contributed by atoms with Crippen molar-refractivity contribution in [1.29, 1.82) is 0 Å². The average Bonchev–Trinajstić information content (AvgIpc) is 2.97. The van der Waals surface area contributed by atoms with E-state index in [0.717, 1.165) is 12.8 Å². The summed E-state index contributed by atoms with van der Waals surface area (Å²) in [7, 11) is 0. The minimum absolute atomic E-state index is 0.131. The zero-order chi connectivity index (χ0) is 14.5. The second kappa shape index (κ2) is 6.66. The van der Waals surface area contributed by atoms with Gasteiger partial charge in [0.15, 0.2) is 5.82 Å². The molecule has 1 aromatic heterocycles. The third-order valence-electron chi connectivity index (χ3n) is 3.87. The quantitative estimate of drug-likeness (QED) is 0.872. The molecule has 1 aromatic carbocycles. The van der Waals surface area contributed by atoms with E-state index >= 15 is 0 Å². The van der Waals surface area contributed by atoms with E-state index in [1.165, 1.54) is 5.56 Å². The summed E-state index contributed by atoms with van der Waals surface area (Å²) in [4.78, 5) is 4.52. The number of benzene rings is 1. The van der Waals surface area contributed by atoms with Crippen LogP contribution in [0.5, 0.6) is 0 Å². The van der Waals surface area contributed by atoms with Crippen molar-refractivity contribution < 1.29 is 4.52 Å². The van der Waals surface area contributed by atoms with Crippen LogP contribution in [0.25, 0.3) is 0 Å². The van der Waals surface area contributed by atoms with E-state index in [9.17, 15) is 0 Å². The zero-order valence-corrected chi connectivity index (χ0v) is 12.4. The molecule has 0 radical (unpaired) electrons. The lowest BCUT2D eigenvalue weighted by Crippen LogP contribution is -2.13. The molecule has 0 fully saturated rings. The highest BCUT2D eigenvalue weighted by atomic mass is 16.5. The van der Waals surface area contributed by atoms with E-state index in [1.807, 2.05) is 25.1 Å². The number of hydrogen-bond acceptors (Lipinski definition) is 4. The van der Waals surface area contributed by atoms with Crippen molar-refractivity contribution in [2.75, 3.05) is 0 Å². The first-order chi connectivity index (χ1) is 9.67. The van der Waals surface area contributed by atoms with E-state index in [-0.39, 0.29) is 12.0 Å². The molecule has 0 saturated heterocycles. The van der Waals surface area contributed by atoms with E-state index < -0.39 is 0 Å². The number of rotatable bonds is 6. The third kappa shape index (κ3) is 3.07. The van der Waals surface area contributed by atoms with Gasteiger partial charge in [0.1, 0.15) is 0 Å². The van der Waals surface area contributed by atoms with Crippen LogP contribution >= 0.6 is 0 Å². The predicted octanol–water partition coefficient (Wildman–Crippen LogP) is 3.66. The molecule has 108 valence electrons. The minimum Gasteiger partial charge on any atom is -0.339 e. The lowest BCUT2D eigenvalue weighted by molar-refractivity contribution is 0.326. The summed E-state index contributed by atoms with van der Waals surface area (Å²) in [5, 5.41) is 4.04. The normalized spacial score (nSPS) is 15.8. The highest BCUT2D eigenvalue weighted by Gasteiger charge is 2.26. The maximum absolute atomic E-state index is 5.97. The van der Waals surface area contributed by atoms with Crippen molar-refractivity contribution >= 4 is 0 Å². The Bertz CT molecular complexity index is 524. The lowest BCUT2D eigenvalue weighted by atomic mass is 9.85. The van der Waals surface area contributed by atoms with Crippen LogP contribution in [0.3, 0.4) is 0 Å². The third-order valence-corrected chi connectivity index (χ3v) is 3.87. The first-order valence-corrected chi connectivity index (χ1v) is 7.31. The highest BCUT2D eigenvalue weighted by Crippen LogP contribution is 2.33. The Morgan fingerprint density at radius 2 is 1.85 bits per heavy atom. The molecule has 2 rings (SSSR count). The Morgan fingerprint density at radius 3 is 2.45 bits per heavy atom. The second-order valence-corrected chi connectivity index (χ2v) is 5.28. The molecule has 2 N–H and O–H groups in total. The molecule has 0 aliphatic rings. The number of nitrogens with zero attached hydrogens (tertiary/aromatic N) is 2. The van der Waals surface area contributed by atoms with Crippen molar-refractivity contribution in [3.63, 3.8) is 0 Å². The Hall–Kier alpha value is -1.68. The van der Waals surface area contributed by atoms with Crippen LogP contribution in [0, 0.1) is 5.92 Å². The Morgan fingerprint density at radius 1 is 1.15 bits per heavy atom. The Balaban J connectivity index is 2.35. The van der Waals surface area contributed by atoms with Gasteiger partial charge in [-0.15, -0.1) is 0 Å². The van der Waals surface area contributed by atoms with Crippen molar-refractivity contribution in [2.24, 2.45) is 11.7 Å². The smallest absolute Gasteiger partial charge is 0.234 e. The molecule has 4 nitrogen and oxygen atoms in total. The molecular weight excluding hydrogens is 250 g/mol. The van der Waals surface area contributed by atoms with Crippen LogP contribution in [0.2, 0.25) is 0 Å². The molecule has 0 aliphatic heterocycles. The molecule has 2 aromatic rings. The van der Waals surface area contributed by atoms with Gasteiger partial charge in [-0.25, -0.2) is 0 Å². The second-order valence-electron chi connectivity index (χ2n) is 5.28. The number of nitrogens with two attached hydrogens (primary N) is 1. The zero-order valence-electron chi connectivity index (χ0n) is 12.4. The average molecular weight is 273 g/mol. The molecule has 3 unspecified atom stereocenters. The van der Waals surface area contributed by atoms with Crippen LogP contribution in [-0.4, -0.2) is 10.1 Å². The Kier molecular flexibility index (Phi) is 4.90. The van der Waals surface area contributed by atoms with Crippen molar-refractivity contribution in [2.45, 2.75) is 45.6 Å². The first kappa shape index (κ1) is 14.7. The fraction of sp³-hybridized carbons (Fsp3) is 0.500. The van der Waals surface area contributed by atoms with Gasteiger partial charge in [-0.1, -0.05) is 62.7 Å². The van der Waals surface area contributed by atoms with Crippen LogP contribution in [0.15, 0.2) is 34.9 Å². The van der Waals surface area contributed by atoms with Gasteiger partial charge >= 0.3 is 0 Å². The van der Waals surface area contributed by atoms with Crippen molar-refractivity contribution in [3.8, 4) is 0 Å². The van der Waals surface area contributed by atoms with Gasteiger partial charge in [0.05, 0.1) is 12.0 Å². The number of aromatic nitrogens is 2. The summed E-state index contributed by atoms with van der Waals surface area (Å²) >= 11 is 0. The molecule has 3 atom stereocenters. The van der Waals surface area contributed by atoms with E-state index in [2.05, 4.69) is 36.1 Å². The van der Waals surface area contributed by atoms with E-state index in [4.69, 9.17) is 10.3 Å². The first-order valence-electron chi connectivity index (χ1n) is 7.31. The minimum atomic E-state index is -0.152. The van der Waals surface area contributed by atoms with Gasteiger partial charge in [0.25, 0.3) is 0 Å². The fourth-order valence-corrected chi connectivity index (χ4v) is 2.32. The Labute approximate surface area is 120 Å². The van der Waals surface area contributed by atoms with E-state index in [1.54, 1.807) is 0 Å². The molecular formula is C16H23N3O. The largest absolute Gasteiger partial charge is 0.339 e. The SMILES string of the molecule is CCC(N)c1noc(C(c2ccccc2)C(C)CC)n1. The molecule has 4 heteroatoms. The maximum atomic E-state index is 5.97. The molecule has 0 aliphatic carbocycles. The summed E-state index contributed by atoms with van der Waals surface area (Å²) in [6.45, 7) is 6.40. The molecule has 0 bridgehead atoms. The summed E-state index contributed by atoms with van der Waals surface area (Å²) in [6, 6.07) is 10.2. The fourth-order valence-electron chi connectivity index (χ4n) is 2.32. The monoisotopic (exact) mass is 273 g/mol. The van der Waals surface area contributed by atoms with Crippen molar-refractivity contribution in [1.82, 2.24) is 10.1 Å². The molecule has 0 spiro atoms. The molecule has 1 heterocycles. The van der Waals surface area contributed by atoms with Gasteiger partial charge in [0.2, 0.25) is 5.89 Å². The topological polar surface area (TPSA) is 64.9 Å². The molecule has 0 amide bonds. The lowest BCUT2D eigenvalue weighted by Gasteiger charge is -2.19. The predicted molar refractivity (Wildman–Crippen MR) is 79.3 cm³/mol.